The molecule has 0 spiro atoms. The van der Waals surface area contributed by atoms with Gasteiger partial charge in [0.2, 0.25) is 0 Å². The van der Waals surface area contributed by atoms with E-state index in [1.165, 1.54) is 7.11 Å². The fourth-order valence-electron chi connectivity index (χ4n) is 2.36. The van der Waals surface area contributed by atoms with Crippen LogP contribution in [0.2, 0.25) is 0 Å². The highest BCUT2D eigenvalue weighted by molar-refractivity contribution is 5.80. The highest BCUT2D eigenvalue weighted by atomic mass is 16.6. The number of carbonyl (C=O) groups excluding carboxylic acids is 1. The van der Waals surface area contributed by atoms with Crippen molar-refractivity contribution in [2.24, 2.45) is 0 Å². The number of hydrogen-bond acceptors (Lipinski definition) is 6. The third-order valence-electron chi connectivity index (χ3n) is 3.30. The molecule has 0 aromatic heterocycles. The van der Waals surface area contributed by atoms with E-state index in [-0.39, 0.29) is 5.97 Å². The Balaban J connectivity index is 2.32. The molecule has 1 aliphatic heterocycles. The minimum atomic E-state index is -0.456. The quantitative estimate of drug-likeness (QED) is 0.646. The van der Waals surface area contributed by atoms with Crippen LogP contribution in [0.25, 0.3) is 0 Å². The van der Waals surface area contributed by atoms with Crippen molar-refractivity contribution in [3.8, 4) is 0 Å². The number of rotatable bonds is 5. The molecule has 6 nitrogen and oxygen atoms in total. The second-order valence-corrected chi connectivity index (χ2v) is 4.47. The molecule has 0 radical (unpaired) electrons. The molecule has 1 aromatic rings. The Labute approximate surface area is 118 Å². The van der Waals surface area contributed by atoms with Gasteiger partial charge in [0.15, 0.2) is 0 Å². The molecule has 1 N–H and O–H groups in total. The molecule has 1 fully saturated rings. The number of methoxy groups -OCH3 is 1. The molecule has 0 saturated carbocycles. The van der Waals surface area contributed by atoms with E-state index in [2.05, 4.69) is 10.4 Å². The number of ether oxygens (including phenoxy) is 2. The molecule has 1 aliphatic rings. The lowest BCUT2D eigenvalue weighted by Crippen LogP contribution is -2.42. The van der Waals surface area contributed by atoms with Gasteiger partial charge in [0.1, 0.15) is 6.04 Å². The first-order valence-corrected chi connectivity index (χ1v) is 6.55. The van der Waals surface area contributed by atoms with E-state index in [0.717, 1.165) is 11.3 Å². The van der Waals surface area contributed by atoms with Crippen LogP contribution in [0.1, 0.15) is 11.6 Å². The molecule has 6 heteroatoms. The number of nitrogens with one attached hydrogen (secondary N) is 1. The van der Waals surface area contributed by atoms with Gasteiger partial charge in [0, 0.05) is 18.7 Å². The van der Waals surface area contributed by atoms with E-state index in [1.807, 2.05) is 24.3 Å². The van der Waals surface area contributed by atoms with E-state index in [4.69, 9.17) is 14.3 Å². The maximum absolute atomic E-state index is 12.2. The largest absolute Gasteiger partial charge is 0.468 e. The summed E-state index contributed by atoms with van der Waals surface area (Å²) >= 11 is 0. The second-order valence-electron chi connectivity index (χ2n) is 4.47. The van der Waals surface area contributed by atoms with E-state index < -0.39 is 6.04 Å². The average Bonchev–Trinajstić information content (AvgIpc) is 2.50. The van der Waals surface area contributed by atoms with Crippen molar-refractivity contribution in [2.45, 2.75) is 6.04 Å². The van der Waals surface area contributed by atoms with Crippen molar-refractivity contribution in [3.05, 3.63) is 29.8 Å². The fraction of sp³-hybridized carbons (Fsp3) is 0.500. The predicted octanol–water partition coefficient (Wildman–Crippen LogP) is 1.21. The van der Waals surface area contributed by atoms with Crippen LogP contribution in [0, 0.1) is 0 Å². The first-order valence-electron chi connectivity index (χ1n) is 6.55. The third kappa shape index (κ3) is 3.27. The van der Waals surface area contributed by atoms with Gasteiger partial charge < -0.3 is 9.47 Å². The number of anilines is 1. The molecule has 1 saturated heterocycles. The zero-order valence-electron chi connectivity index (χ0n) is 11.8. The van der Waals surface area contributed by atoms with Crippen LogP contribution >= 0.6 is 0 Å². The van der Waals surface area contributed by atoms with Gasteiger partial charge in [0.05, 0.1) is 33.1 Å². The summed E-state index contributed by atoms with van der Waals surface area (Å²) in [6, 6.07) is 7.10. The smallest absolute Gasteiger partial charge is 0.327 e. The van der Waals surface area contributed by atoms with Crippen LogP contribution in [0.5, 0.6) is 0 Å². The van der Waals surface area contributed by atoms with Crippen LogP contribution in [-0.2, 0) is 19.1 Å². The number of morpholine rings is 1. The Morgan fingerprint density at radius 1 is 1.30 bits per heavy atom. The predicted molar refractivity (Wildman–Crippen MR) is 74.2 cm³/mol. The maximum Gasteiger partial charge on any atom is 0.327 e. The van der Waals surface area contributed by atoms with Crippen LogP contribution < -0.4 is 5.48 Å². The monoisotopic (exact) mass is 280 g/mol. The zero-order chi connectivity index (χ0) is 14.4. The molecule has 0 aliphatic carbocycles. The first-order chi connectivity index (χ1) is 9.77. The minimum absolute atomic E-state index is 0.280. The molecule has 2 rings (SSSR count). The molecule has 20 heavy (non-hydrogen) atoms. The molecule has 0 amide bonds. The molecule has 0 unspecified atom stereocenters. The molecule has 1 aromatic carbocycles. The van der Waals surface area contributed by atoms with Gasteiger partial charge in [-0.3, -0.25) is 15.2 Å². The number of nitrogens with zero attached hydrogens (tertiary/aromatic N) is 1. The molecule has 1 atom stereocenters. The van der Waals surface area contributed by atoms with Gasteiger partial charge >= 0.3 is 5.97 Å². The Morgan fingerprint density at radius 2 is 2.00 bits per heavy atom. The summed E-state index contributed by atoms with van der Waals surface area (Å²) in [6.45, 7) is 2.63. The Hall–Kier alpha value is -1.63. The number of carbonyl (C=O) groups is 1. The Kier molecular flexibility index (Phi) is 5.34. The van der Waals surface area contributed by atoms with Crippen molar-refractivity contribution in [1.29, 1.82) is 0 Å². The lowest BCUT2D eigenvalue weighted by atomic mass is 10.0. The van der Waals surface area contributed by atoms with Crippen LogP contribution in [0.4, 0.5) is 5.69 Å². The van der Waals surface area contributed by atoms with Crippen LogP contribution in [-0.4, -0.2) is 51.4 Å². The topological polar surface area (TPSA) is 60.0 Å². The Morgan fingerprint density at radius 3 is 2.65 bits per heavy atom. The summed E-state index contributed by atoms with van der Waals surface area (Å²) in [7, 11) is 2.95. The summed E-state index contributed by atoms with van der Waals surface area (Å²) in [4.78, 5) is 19.2. The van der Waals surface area contributed by atoms with E-state index in [9.17, 15) is 4.79 Å². The summed E-state index contributed by atoms with van der Waals surface area (Å²) in [5.74, 6) is -0.280. The normalized spacial score (nSPS) is 17.5. The summed E-state index contributed by atoms with van der Waals surface area (Å²) in [5, 5.41) is 0. The highest BCUT2D eigenvalue weighted by Gasteiger charge is 2.31. The standard InChI is InChI=1S/C14H20N2O4/c1-18-14(17)13(16-7-9-20-10-8-16)11-5-3-4-6-12(11)15-19-2/h3-6,13,15H,7-10H2,1-2H3/t13-/m0/s1. The van der Waals surface area contributed by atoms with E-state index in [0.29, 0.717) is 26.3 Å². The average molecular weight is 280 g/mol. The van der Waals surface area contributed by atoms with Crippen molar-refractivity contribution < 1.29 is 19.1 Å². The van der Waals surface area contributed by atoms with E-state index in [1.54, 1.807) is 7.11 Å². The zero-order valence-corrected chi connectivity index (χ0v) is 11.8. The molecule has 1 heterocycles. The summed E-state index contributed by atoms with van der Waals surface area (Å²) in [5.41, 5.74) is 4.41. The van der Waals surface area contributed by atoms with Crippen molar-refractivity contribution in [1.82, 2.24) is 4.90 Å². The number of esters is 1. The van der Waals surface area contributed by atoms with Crippen LogP contribution in [0.3, 0.4) is 0 Å². The maximum atomic E-state index is 12.2. The number of para-hydroxylation sites is 1. The van der Waals surface area contributed by atoms with E-state index >= 15 is 0 Å². The van der Waals surface area contributed by atoms with Gasteiger partial charge in [-0.1, -0.05) is 18.2 Å². The SMILES string of the molecule is CONc1ccccc1[C@@H](C(=O)OC)N1CCOCC1. The van der Waals surface area contributed by atoms with Gasteiger partial charge in [-0.25, -0.2) is 4.79 Å². The van der Waals surface area contributed by atoms with Crippen molar-refractivity contribution in [3.63, 3.8) is 0 Å². The van der Waals surface area contributed by atoms with Gasteiger partial charge in [-0.05, 0) is 6.07 Å². The minimum Gasteiger partial charge on any atom is -0.468 e. The van der Waals surface area contributed by atoms with Gasteiger partial charge in [-0.2, -0.15) is 0 Å². The lowest BCUT2D eigenvalue weighted by molar-refractivity contribution is -0.149. The Bertz CT molecular complexity index is 447. The third-order valence-corrected chi connectivity index (χ3v) is 3.30. The molecule has 0 bridgehead atoms. The summed E-state index contributed by atoms with van der Waals surface area (Å²) < 4.78 is 10.3. The number of benzene rings is 1. The summed E-state index contributed by atoms with van der Waals surface area (Å²) in [6.07, 6.45) is 0. The molecular formula is C14H20N2O4. The van der Waals surface area contributed by atoms with Crippen molar-refractivity contribution in [2.75, 3.05) is 46.0 Å². The first kappa shape index (κ1) is 14.8. The van der Waals surface area contributed by atoms with Crippen LogP contribution in [0.15, 0.2) is 24.3 Å². The van der Waals surface area contributed by atoms with Gasteiger partial charge in [-0.15, -0.1) is 0 Å². The number of hydrogen-bond donors (Lipinski definition) is 1. The van der Waals surface area contributed by atoms with Crippen molar-refractivity contribution >= 4 is 11.7 Å². The second kappa shape index (κ2) is 7.23. The molecular weight excluding hydrogens is 260 g/mol. The lowest BCUT2D eigenvalue weighted by Gasteiger charge is -2.33. The fourth-order valence-corrected chi connectivity index (χ4v) is 2.36. The highest BCUT2D eigenvalue weighted by Crippen LogP contribution is 2.29. The molecule has 110 valence electrons. The van der Waals surface area contributed by atoms with Gasteiger partial charge in [0.25, 0.3) is 0 Å².